The summed E-state index contributed by atoms with van der Waals surface area (Å²) in [6, 6.07) is 16.3. The van der Waals surface area contributed by atoms with E-state index in [1.165, 1.54) is 16.7 Å². The van der Waals surface area contributed by atoms with E-state index >= 15 is 0 Å². The van der Waals surface area contributed by atoms with Crippen LogP contribution in [0.25, 0.3) is 0 Å². The topological polar surface area (TPSA) is 41.1 Å². The molecular formula is C18H20N2O. The number of aryl methyl sites for hydroxylation is 1. The van der Waals surface area contributed by atoms with E-state index in [9.17, 15) is 4.79 Å². The smallest absolute Gasteiger partial charge is 0.224 e. The van der Waals surface area contributed by atoms with Crippen molar-refractivity contribution in [2.75, 3.05) is 11.9 Å². The molecule has 0 bridgehead atoms. The van der Waals surface area contributed by atoms with Crippen LogP contribution >= 0.6 is 0 Å². The number of benzene rings is 2. The van der Waals surface area contributed by atoms with Crippen molar-refractivity contribution in [2.24, 2.45) is 0 Å². The number of hydrogen-bond donors (Lipinski definition) is 2. The Kier molecular flexibility index (Phi) is 4.31. The van der Waals surface area contributed by atoms with E-state index in [-0.39, 0.29) is 5.91 Å². The average molecular weight is 280 g/mol. The Bertz CT molecular complexity index is 622. The molecule has 3 heteroatoms. The molecule has 0 aromatic heterocycles. The Hall–Kier alpha value is -2.13. The minimum absolute atomic E-state index is 0.0887. The molecule has 2 aromatic carbocycles. The van der Waals surface area contributed by atoms with E-state index in [0.717, 1.165) is 31.6 Å². The van der Waals surface area contributed by atoms with Crippen LogP contribution in [0.2, 0.25) is 0 Å². The summed E-state index contributed by atoms with van der Waals surface area (Å²) in [7, 11) is 0. The van der Waals surface area contributed by atoms with Crippen molar-refractivity contribution in [1.29, 1.82) is 0 Å². The quantitative estimate of drug-likeness (QED) is 0.904. The summed E-state index contributed by atoms with van der Waals surface area (Å²) in [5, 5.41) is 6.43. The van der Waals surface area contributed by atoms with Crippen LogP contribution in [-0.4, -0.2) is 12.5 Å². The number of amides is 1. The molecular weight excluding hydrogens is 260 g/mol. The molecule has 2 aromatic rings. The van der Waals surface area contributed by atoms with Crippen LogP contribution in [0, 0.1) is 0 Å². The molecule has 0 unspecified atom stereocenters. The van der Waals surface area contributed by atoms with Crippen molar-refractivity contribution < 1.29 is 4.79 Å². The molecule has 3 nitrogen and oxygen atoms in total. The van der Waals surface area contributed by atoms with Gasteiger partial charge in [-0.3, -0.25) is 4.79 Å². The van der Waals surface area contributed by atoms with Gasteiger partial charge in [0.1, 0.15) is 0 Å². The maximum Gasteiger partial charge on any atom is 0.224 e. The van der Waals surface area contributed by atoms with Crippen LogP contribution in [0.5, 0.6) is 0 Å². The van der Waals surface area contributed by atoms with Gasteiger partial charge >= 0.3 is 0 Å². The molecule has 0 radical (unpaired) electrons. The highest BCUT2D eigenvalue weighted by molar-refractivity contribution is 5.91. The van der Waals surface area contributed by atoms with Crippen LogP contribution in [0.3, 0.4) is 0 Å². The monoisotopic (exact) mass is 280 g/mol. The zero-order chi connectivity index (χ0) is 14.5. The number of carbonyl (C=O) groups is 1. The summed E-state index contributed by atoms with van der Waals surface area (Å²) in [4.78, 5) is 12.1. The van der Waals surface area contributed by atoms with Crippen LogP contribution < -0.4 is 10.6 Å². The van der Waals surface area contributed by atoms with E-state index < -0.39 is 0 Å². The Morgan fingerprint density at radius 1 is 1.10 bits per heavy atom. The third-order valence-corrected chi connectivity index (χ3v) is 3.90. The highest BCUT2D eigenvalue weighted by atomic mass is 16.1. The first kappa shape index (κ1) is 13.8. The Balaban J connectivity index is 1.63. The van der Waals surface area contributed by atoms with Gasteiger partial charge in [-0.25, -0.2) is 0 Å². The third-order valence-electron chi connectivity index (χ3n) is 3.90. The van der Waals surface area contributed by atoms with Gasteiger partial charge in [-0.1, -0.05) is 42.5 Å². The summed E-state index contributed by atoms with van der Waals surface area (Å²) in [6.07, 6.45) is 2.28. The first-order chi connectivity index (χ1) is 10.3. The molecule has 108 valence electrons. The van der Waals surface area contributed by atoms with Gasteiger partial charge in [-0.2, -0.15) is 0 Å². The molecule has 0 atom stereocenters. The number of rotatable bonds is 4. The first-order valence-electron chi connectivity index (χ1n) is 7.48. The number of hydrogen-bond acceptors (Lipinski definition) is 2. The maximum absolute atomic E-state index is 12.1. The van der Waals surface area contributed by atoms with E-state index in [2.05, 4.69) is 28.8 Å². The number of anilines is 1. The predicted octanol–water partition coefficient (Wildman–Crippen LogP) is 2.90. The van der Waals surface area contributed by atoms with E-state index in [4.69, 9.17) is 0 Å². The standard InChI is InChI=1S/C18H20N2O/c21-18(10-9-14-5-2-1-3-6-14)20-17-8-4-7-15-13-19-12-11-16(15)17/h1-8,19H,9-13H2,(H,20,21). The van der Waals surface area contributed by atoms with Gasteiger partial charge in [0.15, 0.2) is 0 Å². The number of nitrogens with one attached hydrogen (secondary N) is 2. The molecule has 1 aliphatic heterocycles. The van der Waals surface area contributed by atoms with Gasteiger partial charge in [-0.15, -0.1) is 0 Å². The summed E-state index contributed by atoms with van der Waals surface area (Å²) >= 11 is 0. The second-order valence-electron chi connectivity index (χ2n) is 5.40. The molecule has 0 aliphatic carbocycles. The zero-order valence-electron chi connectivity index (χ0n) is 12.1. The summed E-state index contributed by atoms with van der Waals surface area (Å²) in [5.41, 5.74) is 4.76. The molecule has 0 saturated heterocycles. The fourth-order valence-corrected chi connectivity index (χ4v) is 2.76. The van der Waals surface area contributed by atoms with Crippen LogP contribution in [0.1, 0.15) is 23.1 Å². The maximum atomic E-state index is 12.1. The van der Waals surface area contributed by atoms with Crippen molar-refractivity contribution >= 4 is 11.6 Å². The van der Waals surface area contributed by atoms with Gasteiger partial charge in [-0.05, 0) is 42.1 Å². The fourth-order valence-electron chi connectivity index (χ4n) is 2.76. The molecule has 0 spiro atoms. The van der Waals surface area contributed by atoms with E-state index in [1.807, 2.05) is 30.3 Å². The second kappa shape index (κ2) is 6.55. The van der Waals surface area contributed by atoms with Crippen molar-refractivity contribution in [3.8, 4) is 0 Å². The Morgan fingerprint density at radius 3 is 2.81 bits per heavy atom. The molecule has 0 saturated carbocycles. The van der Waals surface area contributed by atoms with Gasteiger partial charge in [0.25, 0.3) is 0 Å². The molecule has 0 fully saturated rings. The summed E-state index contributed by atoms with van der Waals surface area (Å²) in [6.45, 7) is 1.87. The van der Waals surface area contributed by atoms with Crippen molar-refractivity contribution in [3.63, 3.8) is 0 Å². The third kappa shape index (κ3) is 3.50. The van der Waals surface area contributed by atoms with Crippen molar-refractivity contribution in [1.82, 2.24) is 5.32 Å². The van der Waals surface area contributed by atoms with E-state index in [0.29, 0.717) is 6.42 Å². The molecule has 3 rings (SSSR count). The van der Waals surface area contributed by atoms with Crippen molar-refractivity contribution in [2.45, 2.75) is 25.8 Å². The van der Waals surface area contributed by atoms with Gasteiger partial charge in [0, 0.05) is 18.7 Å². The Labute approximate surface area is 125 Å². The highest BCUT2D eigenvalue weighted by Gasteiger charge is 2.13. The number of carbonyl (C=O) groups excluding carboxylic acids is 1. The molecule has 2 N–H and O–H groups in total. The minimum atomic E-state index is 0.0887. The normalized spacial score (nSPS) is 13.5. The SMILES string of the molecule is O=C(CCc1ccccc1)Nc1cccc2c1CCNC2. The lowest BCUT2D eigenvalue weighted by molar-refractivity contribution is -0.116. The van der Waals surface area contributed by atoms with Crippen LogP contribution in [-0.2, 0) is 24.2 Å². The first-order valence-corrected chi connectivity index (χ1v) is 7.48. The van der Waals surface area contributed by atoms with Crippen LogP contribution in [0.4, 0.5) is 5.69 Å². The predicted molar refractivity (Wildman–Crippen MR) is 85.2 cm³/mol. The molecule has 21 heavy (non-hydrogen) atoms. The number of fused-ring (bicyclic) bond motifs is 1. The second-order valence-corrected chi connectivity index (χ2v) is 5.40. The lowest BCUT2D eigenvalue weighted by Gasteiger charge is -2.20. The Morgan fingerprint density at radius 2 is 1.95 bits per heavy atom. The largest absolute Gasteiger partial charge is 0.326 e. The molecule has 1 amide bonds. The molecule has 1 aliphatic rings. The van der Waals surface area contributed by atoms with Gasteiger partial charge in [0.2, 0.25) is 5.91 Å². The fraction of sp³-hybridized carbons (Fsp3) is 0.278. The van der Waals surface area contributed by atoms with Crippen LogP contribution in [0.15, 0.2) is 48.5 Å². The van der Waals surface area contributed by atoms with Gasteiger partial charge in [0.05, 0.1) is 0 Å². The molecule has 1 heterocycles. The van der Waals surface area contributed by atoms with E-state index in [1.54, 1.807) is 0 Å². The van der Waals surface area contributed by atoms with Crippen molar-refractivity contribution in [3.05, 3.63) is 65.2 Å². The highest BCUT2D eigenvalue weighted by Crippen LogP contribution is 2.23. The summed E-state index contributed by atoms with van der Waals surface area (Å²) < 4.78 is 0. The lowest BCUT2D eigenvalue weighted by atomic mass is 9.99. The lowest BCUT2D eigenvalue weighted by Crippen LogP contribution is -2.25. The zero-order valence-corrected chi connectivity index (χ0v) is 12.1. The average Bonchev–Trinajstić information content (AvgIpc) is 2.54. The van der Waals surface area contributed by atoms with Gasteiger partial charge < -0.3 is 10.6 Å². The minimum Gasteiger partial charge on any atom is -0.326 e. The summed E-state index contributed by atoms with van der Waals surface area (Å²) in [5.74, 6) is 0.0887.